The highest BCUT2D eigenvalue weighted by atomic mass is 16.6. The lowest BCUT2D eigenvalue weighted by Crippen LogP contribution is -2.12. The van der Waals surface area contributed by atoms with Crippen LogP contribution in [0, 0.1) is 24.0 Å². The number of carbonyl (C=O) groups is 1. The second-order valence-corrected chi connectivity index (χ2v) is 6.42. The molecule has 3 rings (SSSR count). The van der Waals surface area contributed by atoms with Crippen molar-refractivity contribution < 1.29 is 23.6 Å². The molecule has 29 heavy (non-hydrogen) atoms. The molecular weight excluding hydrogens is 376 g/mol. The van der Waals surface area contributed by atoms with Crippen molar-refractivity contribution in [2.75, 3.05) is 12.4 Å². The second-order valence-electron chi connectivity index (χ2n) is 6.42. The van der Waals surface area contributed by atoms with Gasteiger partial charge in [-0.05, 0) is 49.2 Å². The van der Waals surface area contributed by atoms with E-state index in [0.717, 1.165) is 16.9 Å². The van der Waals surface area contributed by atoms with Gasteiger partial charge in [0.2, 0.25) is 0 Å². The molecule has 0 aliphatic carbocycles. The number of furan rings is 1. The first-order valence-corrected chi connectivity index (χ1v) is 8.80. The maximum Gasteiger partial charge on any atom is 0.291 e. The predicted molar refractivity (Wildman–Crippen MR) is 107 cm³/mol. The number of nitro groups is 1. The van der Waals surface area contributed by atoms with E-state index in [1.54, 1.807) is 6.07 Å². The van der Waals surface area contributed by atoms with Gasteiger partial charge >= 0.3 is 0 Å². The molecule has 0 saturated carbocycles. The molecule has 0 saturated heterocycles. The summed E-state index contributed by atoms with van der Waals surface area (Å²) in [5, 5.41) is 13.5. The van der Waals surface area contributed by atoms with Crippen LogP contribution in [0.15, 0.2) is 52.9 Å². The number of benzene rings is 2. The molecule has 8 heteroatoms. The Morgan fingerprint density at radius 3 is 2.62 bits per heavy atom. The van der Waals surface area contributed by atoms with Crippen molar-refractivity contribution >= 4 is 17.3 Å². The summed E-state index contributed by atoms with van der Waals surface area (Å²) in [7, 11) is 1.37. The van der Waals surface area contributed by atoms with Crippen molar-refractivity contribution in [2.24, 2.45) is 0 Å². The first-order chi connectivity index (χ1) is 13.9. The van der Waals surface area contributed by atoms with E-state index in [1.807, 2.05) is 32.0 Å². The molecule has 0 atom stereocenters. The number of nitro benzene ring substituents is 1. The highest BCUT2D eigenvalue weighted by molar-refractivity contribution is 6.03. The molecule has 1 aromatic heterocycles. The maximum atomic E-state index is 12.5. The molecule has 0 radical (unpaired) electrons. The molecule has 150 valence electrons. The van der Waals surface area contributed by atoms with E-state index in [1.165, 1.54) is 31.4 Å². The number of anilines is 1. The lowest BCUT2D eigenvalue weighted by Gasteiger charge is -2.09. The Balaban J connectivity index is 1.68. The summed E-state index contributed by atoms with van der Waals surface area (Å²) in [6, 6.07) is 13.0. The van der Waals surface area contributed by atoms with Gasteiger partial charge in [0.15, 0.2) is 5.76 Å². The predicted octanol–water partition coefficient (Wildman–Crippen LogP) is 4.64. The number of methoxy groups -OCH3 is 1. The van der Waals surface area contributed by atoms with Crippen molar-refractivity contribution in [1.82, 2.24) is 0 Å². The molecule has 3 aromatic rings. The van der Waals surface area contributed by atoms with Gasteiger partial charge in [0.25, 0.3) is 11.6 Å². The molecule has 0 fully saturated rings. The lowest BCUT2D eigenvalue weighted by molar-refractivity contribution is -0.384. The Morgan fingerprint density at radius 1 is 1.10 bits per heavy atom. The third-order valence-corrected chi connectivity index (χ3v) is 4.24. The molecule has 1 heterocycles. The Morgan fingerprint density at radius 2 is 1.90 bits per heavy atom. The van der Waals surface area contributed by atoms with Crippen LogP contribution in [0.2, 0.25) is 0 Å². The fraction of sp³-hybridized carbons (Fsp3) is 0.190. The van der Waals surface area contributed by atoms with Gasteiger partial charge in [0.1, 0.15) is 23.9 Å². The monoisotopic (exact) mass is 396 g/mol. The topological polar surface area (TPSA) is 104 Å². The molecule has 1 N–H and O–H groups in total. The zero-order valence-electron chi connectivity index (χ0n) is 16.2. The van der Waals surface area contributed by atoms with Crippen molar-refractivity contribution in [3.63, 3.8) is 0 Å². The van der Waals surface area contributed by atoms with Crippen molar-refractivity contribution in [1.29, 1.82) is 0 Å². The number of non-ortho nitro benzene ring substituents is 1. The lowest BCUT2D eigenvalue weighted by atomic mass is 10.1. The average molecular weight is 396 g/mol. The van der Waals surface area contributed by atoms with Gasteiger partial charge < -0.3 is 19.2 Å². The minimum absolute atomic E-state index is 0.0879. The third kappa shape index (κ3) is 4.73. The molecule has 0 spiro atoms. The van der Waals surface area contributed by atoms with Gasteiger partial charge in [0, 0.05) is 6.07 Å². The number of ether oxygens (including phenoxy) is 2. The van der Waals surface area contributed by atoms with Gasteiger partial charge in [-0.15, -0.1) is 0 Å². The van der Waals surface area contributed by atoms with E-state index in [4.69, 9.17) is 13.9 Å². The van der Waals surface area contributed by atoms with Crippen LogP contribution in [-0.4, -0.2) is 17.9 Å². The zero-order chi connectivity index (χ0) is 21.0. The number of aryl methyl sites for hydroxylation is 2. The van der Waals surface area contributed by atoms with Crippen LogP contribution in [0.4, 0.5) is 11.4 Å². The normalized spacial score (nSPS) is 10.4. The van der Waals surface area contributed by atoms with Crippen molar-refractivity contribution in [3.8, 4) is 11.5 Å². The molecule has 0 bridgehead atoms. The van der Waals surface area contributed by atoms with Crippen LogP contribution in [0.1, 0.15) is 27.4 Å². The van der Waals surface area contributed by atoms with E-state index >= 15 is 0 Å². The fourth-order valence-electron chi connectivity index (χ4n) is 2.67. The summed E-state index contributed by atoms with van der Waals surface area (Å²) >= 11 is 0. The number of nitrogens with zero attached hydrogens (tertiary/aromatic N) is 1. The van der Waals surface area contributed by atoms with Gasteiger partial charge in [-0.2, -0.15) is 0 Å². The molecule has 8 nitrogen and oxygen atoms in total. The van der Waals surface area contributed by atoms with Crippen molar-refractivity contribution in [3.05, 3.63) is 81.3 Å². The summed E-state index contributed by atoms with van der Waals surface area (Å²) < 4.78 is 16.5. The zero-order valence-corrected chi connectivity index (χ0v) is 16.2. The molecular formula is C21H20N2O6. The molecule has 0 unspecified atom stereocenters. The van der Waals surface area contributed by atoms with Crippen LogP contribution in [0.25, 0.3) is 0 Å². The Kier molecular flexibility index (Phi) is 5.82. The summed E-state index contributed by atoms with van der Waals surface area (Å²) in [6.07, 6.45) is 0. The Bertz CT molecular complexity index is 1060. The van der Waals surface area contributed by atoms with Crippen LogP contribution < -0.4 is 14.8 Å². The Hall–Kier alpha value is -3.81. The Labute approximate surface area is 167 Å². The van der Waals surface area contributed by atoms with Crippen LogP contribution in [0.3, 0.4) is 0 Å². The van der Waals surface area contributed by atoms with Gasteiger partial charge in [0.05, 0.1) is 23.8 Å². The number of hydrogen-bond donors (Lipinski definition) is 1. The first-order valence-electron chi connectivity index (χ1n) is 8.80. The molecule has 1 amide bonds. The average Bonchev–Trinajstić information content (AvgIpc) is 3.18. The number of amides is 1. The summed E-state index contributed by atoms with van der Waals surface area (Å²) in [5.74, 6) is 1.01. The molecule has 0 aliphatic heterocycles. The van der Waals surface area contributed by atoms with Crippen LogP contribution in [-0.2, 0) is 6.61 Å². The highest BCUT2D eigenvalue weighted by Gasteiger charge is 2.17. The number of nitrogens with one attached hydrogen (secondary N) is 1. The highest BCUT2D eigenvalue weighted by Crippen LogP contribution is 2.29. The van der Waals surface area contributed by atoms with E-state index < -0.39 is 10.8 Å². The van der Waals surface area contributed by atoms with E-state index in [2.05, 4.69) is 5.32 Å². The SMILES string of the molecule is COc1cc([N+](=O)[O-])ccc1NC(=O)c1ccc(COc2cc(C)ccc2C)o1. The van der Waals surface area contributed by atoms with Crippen LogP contribution >= 0.6 is 0 Å². The number of carbonyl (C=O) groups excluding carboxylic acids is 1. The van der Waals surface area contributed by atoms with Gasteiger partial charge in [-0.25, -0.2) is 0 Å². The summed E-state index contributed by atoms with van der Waals surface area (Å²) in [4.78, 5) is 22.8. The standard InChI is InChI=1S/C21H20N2O6/c1-13-4-5-14(2)19(10-13)28-12-16-7-9-18(29-16)21(24)22-17-8-6-15(23(25)26)11-20(17)27-3/h4-11H,12H2,1-3H3,(H,22,24). The maximum absolute atomic E-state index is 12.5. The third-order valence-electron chi connectivity index (χ3n) is 4.24. The quantitative estimate of drug-likeness (QED) is 0.461. The summed E-state index contributed by atoms with van der Waals surface area (Å²) in [6.45, 7) is 4.11. The largest absolute Gasteiger partial charge is 0.494 e. The minimum atomic E-state index is -0.539. The smallest absolute Gasteiger partial charge is 0.291 e. The summed E-state index contributed by atoms with van der Waals surface area (Å²) in [5.41, 5.74) is 2.25. The fourth-order valence-corrected chi connectivity index (χ4v) is 2.67. The number of hydrogen-bond acceptors (Lipinski definition) is 6. The van der Waals surface area contributed by atoms with E-state index in [9.17, 15) is 14.9 Å². The minimum Gasteiger partial charge on any atom is -0.494 e. The van der Waals surface area contributed by atoms with Crippen molar-refractivity contribution in [2.45, 2.75) is 20.5 Å². The van der Waals surface area contributed by atoms with Gasteiger partial charge in [-0.1, -0.05) is 12.1 Å². The molecule has 2 aromatic carbocycles. The number of rotatable bonds is 7. The first kappa shape index (κ1) is 19.9. The van der Waals surface area contributed by atoms with Gasteiger partial charge in [-0.3, -0.25) is 14.9 Å². The second kappa shape index (κ2) is 8.47. The molecule has 0 aliphatic rings. The van der Waals surface area contributed by atoms with E-state index in [-0.39, 0.29) is 23.8 Å². The van der Waals surface area contributed by atoms with Crippen LogP contribution in [0.5, 0.6) is 11.5 Å². The van der Waals surface area contributed by atoms with E-state index in [0.29, 0.717) is 11.4 Å².